The molecule has 19 heavy (non-hydrogen) atoms. The zero-order valence-electron chi connectivity index (χ0n) is 10.5. The second-order valence-electron chi connectivity index (χ2n) is 3.39. The van der Waals surface area contributed by atoms with Crippen molar-refractivity contribution in [3.8, 4) is 11.6 Å². The summed E-state index contributed by atoms with van der Waals surface area (Å²) in [5.74, 6) is -1.73. The van der Waals surface area contributed by atoms with Gasteiger partial charge in [-0.25, -0.2) is 9.78 Å². The van der Waals surface area contributed by atoms with Gasteiger partial charge in [0.25, 0.3) is 0 Å². The Labute approximate surface area is 107 Å². The third-order valence-electron chi connectivity index (χ3n) is 2.06. The van der Waals surface area contributed by atoms with Crippen molar-refractivity contribution in [3.63, 3.8) is 0 Å². The molecular formula is C11H12F3NO4. The van der Waals surface area contributed by atoms with E-state index in [2.05, 4.69) is 14.5 Å². The largest absolute Gasteiger partial charge is 0.573 e. The highest BCUT2D eigenvalue weighted by atomic mass is 19.4. The summed E-state index contributed by atoms with van der Waals surface area (Å²) in [7, 11) is 1.24. The molecule has 0 bridgehead atoms. The predicted molar refractivity (Wildman–Crippen MR) is 58.2 cm³/mol. The van der Waals surface area contributed by atoms with E-state index >= 15 is 0 Å². The van der Waals surface area contributed by atoms with Crippen molar-refractivity contribution in [2.75, 3.05) is 13.7 Å². The van der Waals surface area contributed by atoms with Gasteiger partial charge >= 0.3 is 12.3 Å². The third kappa shape index (κ3) is 4.01. The molecule has 0 aliphatic heterocycles. The standard InChI is InChI=1S/C11H12F3NO4/c1-4-18-10(16)9-6(2)15-8(17-3)5-7(9)19-11(12,13)14/h5H,4H2,1-3H3. The minimum absolute atomic E-state index is 0.0236. The van der Waals surface area contributed by atoms with Crippen LogP contribution in [0.2, 0.25) is 0 Å². The molecule has 0 radical (unpaired) electrons. The van der Waals surface area contributed by atoms with E-state index in [1.54, 1.807) is 0 Å². The molecule has 1 heterocycles. The summed E-state index contributed by atoms with van der Waals surface area (Å²) in [4.78, 5) is 15.4. The van der Waals surface area contributed by atoms with Gasteiger partial charge in [-0.3, -0.25) is 0 Å². The molecule has 0 spiro atoms. The van der Waals surface area contributed by atoms with E-state index in [-0.39, 0.29) is 23.7 Å². The molecule has 1 aromatic heterocycles. The summed E-state index contributed by atoms with van der Waals surface area (Å²) < 4.78 is 50.1. The number of alkyl halides is 3. The van der Waals surface area contributed by atoms with Crippen LogP contribution in [0.15, 0.2) is 6.07 Å². The molecule has 5 nitrogen and oxygen atoms in total. The number of halogens is 3. The van der Waals surface area contributed by atoms with Gasteiger partial charge in [-0.15, -0.1) is 13.2 Å². The topological polar surface area (TPSA) is 57.7 Å². The molecule has 1 rings (SSSR count). The molecule has 0 aliphatic rings. The first-order chi connectivity index (χ1) is 8.78. The lowest BCUT2D eigenvalue weighted by Crippen LogP contribution is -2.20. The maximum absolute atomic E-state index is 12.3. The van der Waals surface area contributed by atoms with E-state index in [0.29, 0.717) is 0 Å². The highest BCUT2D eigenvalue weighted by Gasteiger charge is 2.34. The van der Waals surface area contributed by atoms with E-state index < -0.39 is 18.1 Å². The Morgan fingerprint density at radius 1 is 1.42 bits per heavy atom. The van der Waals surface area contributed by atoms with Crippen molar-refractivity contribution in [2.45, 2.75) is 20.2 Å². The van der Waals surface area contributed by atoms with Crippen LogP contribution in [0.5, 0.6) is 11.6 Å². The van der Waals surface area contributed by atoms with Crippen LogP contribution in [0, 0.1) is 6.92 Å². The fraction of sp³-hybridized carbons (Fsp3) is 0.455. The second kappa shape index (κ2) is 5.77. The Hall–Kier alpha value is -1.99. The highest BCUT2D eigenvalue weighted by Crippen LogP contribution is 2.31. The summed E-state index contributed by atoms with van der Waals surface area (Å²) in [6, 6.07) is 0.882. The van der Waals surface area contributed by atoms with Gasteiger partial charge in [0, 0.05) is 6.07 Å². The van der Waals surface area contributed by atoms with Crippen LogP contribution in [-0.2, 0) is 4.74 Å². The summed E-state index contributed by atoms with van der Waals surface area (Å²) in [6.07, 6.45) is -4.93. The maximum Gasteiger partial charge on any atom is 0.573 e. The quantitative estimate of drug-likeness (QED) is 0.792. The number of ether oxygens (including phenoxy) is 3. The average molecular weight is 279 g/mol. The first-order valence-corrected chi connectivity index (χ1v) is 5.27. The summed E-state index contributed by atoms with van der Waals surface area (Å²) >= 11 is 0. The van der Waals surface area contributed by atoms with Gasteiger partial charge in [-0.05, 0) is 13.8 Å². The third-order valence-corrected chi connectivity index (χ3v) is 2.06. The Morgan fingerprint density at radius 3 is 2.53 bits per heavy atom. The van der Waals surface area contributed by atoms with Crippen LogP contribution >= 0.6 is 0 Å². The molecule has 0 aliphatic carbocycles. The molecule has 0 N–H and O–H groups in total. The van der Waals surface area contributed by atoms with Gasteiger partial charge in [-0.1, -0.05) is 0 Å². The van der Waals surface area contributed by atoms with Gasteiger partial charge in [0.05, 0.1) is 19.4 Å². The minimum Gasteiger partial charge on any atom is -0.481 e. The molecule has 0 unspecified atom stereocenters. The molecule has 0 atom stereocenters. The van der Waals surface area contributed by atoms with E-state index in [4.69, 9.17) is 4.74 Å². The van der Waals surface area contributed by atoms with Crippen molar-refractivity contribution >= 4 is 5.97 Å². The van der Waals surface area contributed by atoms with Gasteiger partial charge in [0.2, 0.25) is 5.88 Å². The number of esters is 1. The number of pyridine rings is 1. The van der Waals surface area contributed by atoms with Crippen LogP contribution in [0.3, 0.4) is 0 Å². The number of carbonyl (C=O) groups is 1. The van der Waals surface area contributed by atoms with E-state index in [9.17, 15) is 18.0 Å². The number of methoxy groups -OCH3 is 1. The van der Waals surface area contributed by atoms with Crippen LogP contribution in [-0.4, -0.2) is 31.0 Å². The number of hydrogen-bond donors (Lipinski definition) is 0. The van der Waals surface area contributed by atoms with Crippen LogP contribution in [0.1, 0.15) is 23.0 Å². The minimum atomic E-state index is -4.93. The summed E-state index contributed by atoms with van der Waals surface area (Å²) in [5.41, 5.74) is -0.350. The normalized spacial score (nSPS) is 11.1. The van der Waals surface area contributed by atoms with Crippen molar-refractivity contribution in [3.05, 3.63) is 17.3 Å². The lowest BCUT2D eigenvalue weighted by atomic mass is 10.2. The molecule has 0 amide bonds. The Morgan fingerprint density at radius 2 is 2.05 bits per heavy atom. The fourth-order valence-corrected chi connectivity index (χ4v) is 1.38. The number of carbonyl (C=O) groups excluding carboxylic acids is 1. The summed E-state index contributed by atoms with van der Waals surface area (Å²) in [5, 5.41) is 0. The Bertz CT molecular complexity index is 474. The van der Waals surface area contributed by atoms with E-state index in [1.807, 2.05) is 0 Å². The summed E-state index contributed by atoms with van der Waals surface area (Å²) in [6.45, 7) is 2.92. The zero-order chi connectivity index (χ0) is 14.6. The van der Waals surface area contributed by atoms with E-state index in [1.165, 1.54) is 21.0 Å². The number of nitrogens with zero attached hydrogens (tertiary/aromatic N) is 1. The molecule has 1 aromatic rings. The van der Waals surface area contributed by atoms with Crippen molar-refractivity contribution in [1.29, 1.82) is 0 Å². The van der Waals surface area contributed by atoms with Gasteiger partial charge in [-0.2, -0.15) is 0 Å². The number of hydrogen-bond acceptors (Lipinski definition) is 5. The smallest absolute Gasteiger partial charge is 0.481 e. The molecule has 0 saturated carbocycles. The maximum atomic E-state index is 12.3. The molecule has 0 saturated heterocycles. The van der Waals surface area contributed by atoms with Crippen molar-refractivity contribution in [1.82, 2.24) is 4.98 Å². The van der Waals surface area contributed by atoms with Crippen LogP contribution < -0.4 is 9.47 Å². The van der Waals surface area contributed by atoms with E-state index in [0.717, 1.165) is 6.07 Å². The Balaban J connectivity index is 3.29. The predicted octanol–water partition coefficient (Wildman–Crippen LogP) is 2.47. The fourth-order valence-electron chi connectivity index (χ4n) is 1.38. The molecule has 106 valence electrons. The molecule has 8 heteroatoms. The number of aromatic nitrogens is 1. The highest BCUT2D eigenvalue weighted by molar-refractivity contribution is 5.93. The van der Waals surface area contributed by atoms with Gasteiger partial charge in [0.1, 0.15) is 5.56 Å². The first kappa shape index (κ1) is 15.1. The lowest BCUT2D eigenvalue weighted by Gasteiger charge is -2.15. The monoisotopic (exact) mass is 279 g/mol. The van der Waals surface area contributed by atoms with Crippen LogP contribution in [0.25, 0.3) is 0 Å². The van der Waals surface area contributed by atoms with Crippen molar-refractivity contribution < 1.29 is 32.2 Å². The SMILES string of the molecule is CCOC(=O)c1c(OC(F)(F)F)cc(OC)nc1C. The molecular weight excluding hydrogens is 267 g/mol. The number of aryl methyl sites for hydroxylation is 1. The average Bonchev–Trinajstić information content (AvgIpc) is 2.26. The lowest BCUT2D eigenvalue weighted by molar-refractivity contribution is -0.274. The number of rotatable bonds is 4. The zero-order valence-corrected chi connectivity index (χ0v) is 10.5. The molecule has 0 fully saturated rings. The molecule has 0 aromatic carbocycles. The van der Waals surface area contributed by atoms with Crippen LogP contribution in [0.4, 0.5) is 13.2 Å². The second-order valence-corrected chi connectivity index (χ2v) is 3.39. The van der Waals surface area contributed by atoms with Crippen molar-refractivity contribution in [2.24, 2.45) is 0 Å². The van der Waals surface area contributed by atoms with Gasteiger partial charge in [0.15, 0.2) is 5.75 Å². The Kier molecular flexibility index (Phi) is 4.57. The first-order valence-electron chi connectivity index (χ1n) is 5.27. The van der Waals surface area contributed by atoms with Gasteiger partial charge < -0.3 is 14.2 Å².